The molecular formula is C8H5BrN6O4. The van der Waals surface area contributed by atoms with Crippen LogP contribution in [0.15, 0.2) is 10.9 Å². The molecule has 0 aliphatic rings. The molecule has 0 bridgehead atoms. The fourth-order valence-corrected chi connectivity index (χ4v) is 1.65. The highest BCUT2D eigenvalue weighted by atomic mass is 79.9. The molecule has 1 N–H and O–H groups in total. The van der Waals surface area contributed by atoms with Crippen LogP contribution >= 0.6 is 15.9 Å². The molecule has 0 aromatic carbocycles. The van der Waals surface area contributed by atoms with E-state index in [1.807, 2.05) is 0 Å². The van der Waals surface area contributed by atoms with Crippen LogP contribution in [0.25, 0.3) is 5.95 Å². The first-order valence-electron chi connectivity index (χ1n) is 4.74. The van der Waals surface area contributed by atoms with Crippen LogP contribution in [0.4, 0.5) is 5.95 Å². The normalized spacial score (nSPS) is 10.4. The van der Waals surface area contributed by atoms with Crippen LogP contribution in [-0.4, -0.2) is 40.7 Å². The third kappa shape index (κ3) is 2.40. The van der Waals surface area contributed by atoms with Crippen LogP contribution in [0.1, 0.15) is 16.1 Å². The Kier molecular flexibility index (Phi) is 3.21. The number of carboxylic acids is 1. The molecule has 0 fully saturated rings. The summed E-state index contributed by atoms with van der Waals surface area (Å²) in [4.78, 5) is 31.8. The average Bonchev–Trinajstić information content (AvgIpc) is 2.71. The fraction of sp³-hybridized carbons (Fsp3) is 0.125. The topological polar surface area (TPSA) is 137 Å². The Hall–Kier alpha value is -2.43. The number of hydrogen-bond acceptors (Lipinski definition) is 7. The second-order valence-electron chi connectivity index (χ2n) is 3.32. The van der Waals surface area contributed by atoms with Crippen LogP contribution in [0.5, 0.6) is 0 Å². The molecule has 0 saturated carbocycles. The Morgan fingerprint density at radius 2 is 2.21 bits per heavy atom. The molecule has 0 aliphatic carbocycles. The summed E-state index contributed by atoms with van der Waals surface area (Å²) in [6, 6.07) is 0. The lowest BCUT2D eigenvalue weighted by atomic mass is 10.2. The van der Waals surface area contributed by atoms with Gasteiger partial charge in [-0.05, 0) is 16.8 Å². The second-order valence-corrected chi connectivity index (χ2v) is 4.03. The molecule has 2 aromatic rings. The molecule has 10 nitrogen and oxygen atoms in total. The first kappa shape index (κ1) is 13.0. The van der Waals surface area contributed by atoms with E-state index >= 15 is 0 Å². The quantitative estimate of drug-likeness (QED) is 0.643. The van der Waals surface area contributed by atoms with Crippen molar-refractivity contribution < 1.29 is 14.8 Å². The van der Waals surface area contributed by atoms with E-state index in [0.717, 1.165) is 10.9 Å². The zero-order valence-electron chi connectivity index (χ0n) is 9.31. The minimum absolute atomic E-state index is 0.0185. The smallest absolute Gasteiger partial charge is 0.478 e. The standard InChI is InChI=1S/C8H5BrN6O4/c1-3-4(5(16)17)2-10-7(11-3)14-6(9)12-8(13-14)15(18)19/h2H,1H3,(H,16,17). The van der Waals surface area contributed by atoms with Gasteiger partial charge >= 0.3 is 11.9 Å². The summed E-state index contributed by atoms with van der Waals surface area (Å²) in [5, 5.41) is 23.0. The zero-order chi connectivity index (χ0) is 14.2. The third-order valence-electron chi connectivity index (χ3n) is 2.11. The van der Waals surface area contributed by atoms with Crippen molar-refractivity contribution in [3.8, 4) is 5.95 Å². The monoisotopic (exact) mass is 328 g/mol. The lowest BCUT2D eigenvalue weighted by Crippen LogP contribution is -2.09. The van der Waals surface area contributed by atoms with E-state index in [-0.39, 0.29) is 21.9 Å². The molecule has 0 unspecified atom stereocenters. The lowest BCUT2D eigenvalue weighted by Gasteiger charge is -2.01. The molecule has 2 aromatic heterocycles. The Labute approximate surface area is 113 Å². The summed E-state index contributed by atoms with van der Waals surface area (Å²) >= 11 is 2.98. The molecule has 2 heterocycles. The van der Waals surface area contributed by atoms with Crippen molar-refractivity contribution in [2.75, 3.05) is 0 Å². The molecule has 0 amide bonds. The van der Waals surface area contributed by atoms with Crippen LogP contribution in [0.2, 0.25) is 0 Å². The maximum absolute atomic E-state index is 10.8. The molecule has 0 atom stereocenters. The third-order valence-corrected chi connectivity index (χ3v) is 2.62. The van der Waals surface area contributed by atoms with Gasteiger partial charge in [0.15, 0.2) is 0 Å². The summed E-state index contributed by atoms with van der Waals surface area (Å²) in [5.74, 6) is -1.79. The van der Waals surface area contributed by atoms with E-state index in [2.05, 4.69) is 36.0 Å². The van der Waals surface area contributed by atoms with Gasteiger partial charge in [0, 0.05) is 27.2 Å². The minimum Gasteiger partial charge on any atom is -0.478 e. The van der Waals surface area contributed by atoms with E-state index in [1.165, 1.54) is 6.92 Å². The largest absolute Gasteiger partial charge is 0.492 e. The number of hydrogen-bond donors (Lipinski definition) is 1. The summed E-state index contributed by atoms with van der Waals surface area (Å²) in [7, 11) is 0. The minimum atomic E-state index is -1.16. The van der Waals surface area contributed by atoms with Crippen LogP contribution in [-0.2, 0) is 0 Å². The van der Waals surface area contributed by atoms with Gasteiger partial charge in [-0.25, -0.2) is 14.8 Å². The van der Waals surface area contributed by atoms with E-state index in [9.17, 15) is 14.9 Å². The van der Waals surface area contributed by atoms with Gasteiger partial charge in [0.05, 0.1) is 11.3 Å². The van der Waals surface area contributed by atoms with Crippen molar-refractivity contribution in [3.05, 3.63) is 32.3 Å². The Bertz CT molecular complexity index is 684. The Morgan fingerprint density at radius 1 is 1.53 bits per heavy atom. The highest BCUT2D eigenvalue weighted by Crippen LogP contribution is 2.16. The second kappa shape index (κ2) is 4.68. The Morgan fingerprint density at radius 3 is 2.68 bits per heavy atom. The van der Waals surface area contributed by atoms with E-state index < -0.39 is 16.8 Å². The van der Waals surface area contributed by atoms with Gasteiger partial charge in [-0.15, -0.1) is 0 Å². The van der Waals surface area contributed by atoms with Gasteiger partial charge in [-0.2, -0.15) is 0 Å². The molecule has 0 aliphatic heterocycles. The average molecular weight is 329 g/mol. The number of nitrogens with zero attached hydrogens (tertiary/aromatic N) is 6. The number of carboxylic acid groups (broad SMARTS) is 1. The lowest BCUT2D eigenvalue weighted by molar-refractivity contribution is -0.394. The van der Waals surface area contributed by atoms with Crippen molar-refractivity contribution in [1.82, 2.24) is 24.7 Å². The van der Waals surface area contributed by atoms with Crippen LogP contribution in [0.3, 0.4) is 0 Å². The predicted octanol–water partition coefficient (Wildman–Crippen LogP) is 0.735. The number of nitro groups is 1. The molecular weight excluding hydrogens is 324 g/mol. The SMILES string of the molecule is Cc1nc(-n2nc([N+](=O)[O-])nc2Br)ncc1C(=O)O. The van der Waals surface area contributed by atoms with Gasteiger partial charge < -0.3 is 15.2 Å². The highest BCUT2D eigenvalue weighted by Gasteiger charge is 2.23. The highest BCUT2D eigenvalue weighted by molar-refractivity contribution is 9.10. The number of aryl methyl sites for hydroxylation is 1. The van der Waals surface area contributed by atoms with Crippen molar-refractivity contribution in [2.24, 2.45) is 0 Å². The maximum atomic E-state index is 10.8. The molecule has 0 radical (unpaired) electrons. The first-order chi connectivity index (χ1) is 8.90. The predicted molar refractivity (Wildman–Crippen MR) is 63.0 cm³/mol. The molecule has 2 rings (SSSR count). The van der Waals surface area contributed by atoms with Crippen molar-refractivity contribution in [2.45, 2.75) is 6.92 Å². The fourth-order valence-electron chi connectivity index (χ4n) is 1.25. The number of rotatable bonds is 3. The number of aromatic nitrogens is 5. The van der Waals surface area contributed by atoms with Gasteiger partial charge in [-0.3, -0.25) is 0 Å². The molecule has 0 spiro atoms. The summed E-state index contributed by atoms with van der Waals surface area (Å²) in [6.07, 6.45) is 1.10. The van der Waals surface area contributed by atoms with Crippen molar-refractivity contribution in [1.29, 1.82) is 0 Å². The van der Waals surface area contributed by atoms with Crippen molar-refractivity contribution in [3.63, 3.8) is 0 Å². The molecule has 0 saturated heterocycles. The van der Waals surface area contributed by atoms with Crippen LogP contribution < -0.4 is 0 Å². The van der Waals surface area contributed by atoms with Crippen molar-refractivity contribution >= 4 is 27.8 Å². The first-order valence-corrected chi connectivity index (χ1v) is 5.53. The zero-order valence-corrected chi connectivity index (χ0v) is 10.9. The number of halogens is 1. The van der Waals surface area contributed by atoms with E-state index in [0.29, 0.717) is 0 Å². The summed E-state index contributed by atoms with van der Waals surface area (Å²) in [5.41, 5.74) is 0.150. The summed E-state index contributed by atoms with van der Waals surface area (Å²) < 4.78 is 1.04. The van der Waals surface area contributed by atoms with Gasteiger partial charge in [-0.1, -0.05) is 4.68 Å². The molecule has 19 heavy (non-hydrogen) atoms. The Balaban J connectivity index is 2.51. The molecule has 11 heteroatoms. The van der Waals surface area contributed by atoms with E-state index in [4.69, 9.17) is 5.11 Å². The van der Waals surface area contributed by atoms with Gasteiger partial charge in [0.2, 0.25) is 0 Å². The van der Waals surface area contributed by atoms with E-state index in [1.54, 1.807) is 0 Å². The maximum Gasteiger partial charge on any atom is 0.492 e. The molecule has 98 valence electrons. The van der Waals surface area contributed by atoms with Crippen LogP contribution in [0, 0.1) is 17.0 Å². The van der Waals surface area contributed by atoms with Gasteiger partial charge in [0.1, 0.15) is 0 Å². The number of aromatic carboxylic acids is 1. The summed E-state index contributed by atoms with van der Waals surface area (Å²) in [6.45, 7) is 1.48. The van der Waals surface area contributed by atoms with Gasteiger partial charge in [0.25, 0.3) is 10.7 Å². The number of carbonyl (C=O) groups is 1.